The van der Waals surface area contributed by atoms with Gasteiger partial charge in [-0.1, -0.05) is 23.7 Å². The zero-order valence-electron chi connectivity index (χ0n) is 13.1. The SMILES string of the molecule is COc1cccc(C2CC2c2cc(-c3cncnc3)nnc2Cl)c1. The van der Waals surface area contributed by atoms with E-state index in [-0.39, 0.29) is 0 Å². The summed E-state index contributed by atoms with van der Waals surface area (Å²) in [5.41, 5.74) is 3.86. The first-order valence-electron chi connectivity index (χ1n) is 7.68. The van der Waals surface area contributed by atoms with E-state index in [4.69, 9.17) is 16.3 Å². The molecule has 5 nitrogen and oxygen atoms in total. The van der Waals surface area contributed by atoms with E-state index in [0.29, 0.717) is 17.0 Å². The molecule has 6 heteroatoms. The van der Waals surface area contributed by atoms with Crippen molar-refractivity contribution in [3.05, 3.63) is 65.3 Å². The van der Waals surface area contributed by atoms with Crippen molar-refractivity contribution in [3.63, 3.8) is 0 Å². The van der Waals surface area contributed by atoms with Gasteiger partial charge < -0.3 is 4.74 Å². The van der Waals surface area contributed by atoms with Crippen molar-refractivity contribution in [2.45, 2.75) is 18.3 Å². The van der Waals surface area contributed by atoms with Crippen LogP contribution in [0.4, 0.5) is 0 Å². The van der Waals surface area contributed by atoms with Gasteiger partial charge in [0.2, 0.25) is 0 Å². The molecule has 4 rings (SSSR count). The molecule has 2 aromatic heterocycles. The molecule has 0 bridgehead atoms. The second kappa shape index (κ2) is 6.17. The largest absolute Gasteiger partial charge is 0.497 e. The molecule has 1 saturated carbocycles. The minimum Gasteiger partial charge on any atom is -0.497 e. The van der Waals surface area contributed by atoms with Crippen LogP contribution in [0.3, 0.4) is 0 Å². The van der Waals surface area contributed by atoms with Gasteiger partial charge in [0.05, 0.1) is 12.8 Å². The molecule has 1 aliphatic rings. The van der Waals surface area contributed by atoms with E-state index in [9.17, 15) is 0 Å². The first-order valence-corrected chi connectivity index (χ1v) is 8.06. The Morgan fingerprint density at radius 3 is 2.71 bits per heavy atom. The molecular weight excluding hydrogens is 324 g/mol. The highest BCUT2D eigenvalue weighted by Gasteiger charge is 2.41. The predicted octanol–water partition coefficient (Wildman–Crippen LogP) is 3.87. The number of ether oxygens (including phenoxy) is 1. The predicted molar refractivity (Wildman–Crippen MR) is 91.2 cm³/mol. The Kier molecular flexibility index (Phi) is 3.86. The first kappa shape index (κ1) is 15.0. The maximum absolute atomic E-state index is 6.30. The number of benzene rings is 1. The minimum absolute atomic E-state index is 0.350. The van der Waals surface area contributed by atoms with Gasteiger partial charge in [0.25, 0.3) is 0 Å². The van der Waals surface area contributed by atoms with E-state index >= 15 is 0 Å². The van der Waals surface area contributed by atoms with Crippen LogP contribution in [0.25, 0.3) is 11.3 Å². The molecule has 0 saturated heterocycles. The topological polar surface area (TPSA) is 60.8 Å². The average molecular weight is 339 g/mol. The number of hydrogen-bond acceptors (Lipinski definition) is 5. The Labute approximate surface area is 144 Å². The molecule has 120 valence electrons. The standard InChI is InChI=1S/C18H15ClN4O/c1-24-13-4-2-3-11(5-13)14-6-15(14)16-7-17(22-23-18(16)19)12-8-20-10-21-9-12/h2-5,7-10,14-15H,6H2,1H3. The average Bonchev–Trinajstić information content (AvgIpc) is 3.43. The fraction of sp³-hybridized carbons (Fsp3) is 0.222. The van der Waals surface area contributed by atoms with Gasteiger partial charge in [-0.05, 0) is 47.6 Å². The van der Waals surface area contributed by atoms with Crippen LogP contribution in [0.2, 0.25) is 5.15 Å². The minimum atomic E-state index is 0.350. The number of aromatic nitrogens is 4. The van der Waals surface area contributed by atoms with Crippen LogP contribution in [-0.2, 0) is 0 Å². The molecule has 1 fully saturated rings. The molecule has 1 aliphatic carbocycles. The number of hydrogen-bond donors (Lipinski definition) is 0. The maximum atomic E-state index is 6.30. The molecule has 0 radical (unpaired) electrons. The number of rotatable bonds is 4. The fourth-order valence-corrected chi connectivity index (χ4v) is 3.24. The maximum Gasteiger partial charge on any atom is 0.155 e. The van der Waals surface area contributed by atoms with E-state index in [1.807, 2.05) is 18.2 Å². The van der Waals surface area contributed by atoms with Gasteiger partial charge >= 0.3 is 0 Å². The summed E-state index contributed by atoms with van der Waals surface area (Å²) in [4.78, 5) is 8.06. The highest BCUT2D eigenvalue weighted by Crippen LogP contribution is 2.56. The summed E-state index contributed by atoms with van der Waals surface area (Å²) in [5.74, 6) is 1.66. The highest BCUT2D eigenvalue weighted by molar-refractivity contribution is 6.30. The second-order valence-electron chi connectivity index (χ2n) is 5.83. The van der Waals surface area contributed by atoms with Crippen molar-refractivity contribution in [2.75, 3.05) is 7.11 Å². The molecule has 0 amide bonds. The van der Waals surface area contributed by atoms with Crippen LogP contribution < -0.4 is 4.74 Å². The third-order valence-corrected chi connectivity index (χ3v) is 4.64. The molecule has 0 N–H and O–H groups in total. The summed E-state index contributed by atoms with van der Waals surface area (Å²) in [6.45, 7) is 0. The Bertz CT molecular complexity index is 872. The van der Waals surface area contributed by atoms with Gasteiger partial charge in [0.15, 0.2) is 5.15 Å². The molecule has 0 spiro atoms. The van der Waals surface area contributed by atoms with E-state index in [1.54, 1.807) is 19.5 Å². The van der Waals surface area contributed by atoms with Gasteiger partial charge in [-0.15, -0.1) is 10.2 Å². The van der Waals surface area contributed by atoms with Crippen molar-refractivity contribution in [2.24, 2.45) is 0 Å². The molecule has 2 unspecified atom stereocenters. The monoisotopic (exact) mass is 338 g/mol. The van der Waals surface area contributed by atoms with E-state index in [1.165, 1.54) is 11.9 Å². The van der Waals surface area contributed by atoms with Crippen LogP contribution in [0.5, 0.6) is 5.75 Å². The summed E-state index contributed by atoms with van der Waals surface area (Å²) in [7, 11) is 1.68. The summed E-state index contributed by atoms with van der Waals surface area (Å²) in [6.07, 6.45) is 5.99. The summed E-state index contributed by atoms with van der Waals surface area (Å²) in [5, 5.41) is 8.74. The fourth-order valence-electron chi connectivity index (χ4n) is 3.00. The van der Waals surface area contributed by atoms with Crippen molar-refractivity contribution < 1.29 is 4.74 Å². The van der Waals surface area contributed by atoms with E-state index < -0.39 is 0 Å². The van der Waals surface area contributed by atoms with E-state index in [0.717, 1.165) is 29.0 Å². The van der Waals surface area contributed by atoms with Gasteiger partial charge in [-0.3, -0.25) is 0 Å². The van der Waals surface area contributed by atoms with Gasteiger partial charge in [0.1, 0.15) is 12.1 Å². The molecule has 2 heterocycles. The number of nitrogens with zero attached hydrogens (tertiary/aromatic N) is 4. The molecule has 3 aromatic rings. The lowest BCUT2D eigenvalue weighted by Crippen LogP contribution is -1.95. The lowest BCUT2D eigenvalue weighted by Gasteiger charge is -2.07. The normalized spacial score (nSPS) is 19.1. The van der Waals surface area contributed by atoms with Crippen molar-refractivity contribution in [1.29, 1.82) is 0 Å². The van der Waals surface area contributed by atoms with Gasteiger partial charge in [-0.2, -0.15) is 0 Å². The molecule has 2 atom stereocenters. The molecular formula is C18H15ClN4O. The smallest absolute Gasteiger partial charge is 0.155 e. The second-order valence-corrected chi connectivity index (χ2v) is 6.19. The van der Waals surface area contributed by atoms with Crippen LogP contribution in [0, 0.1) is 0 Å². The van der Waals surface area contributed by atoms with Crippen LogP contribution >= 0.6 is 11.6 Å². The zero-order valence-corrected chi connectivity index (χ0v) is 13.8. The quantitative estimate of drug-likeness (QED) is 0.722. The molecule has 0 aliphatic heterocycles. The lowest BCUT2D eigenvalue weighted by atomic mass is 10.0. The summed E-state index contributed by atoms with van der Waals surface area (Å²) in [6, 6.07) is 10.2. The van der Waals surface area contributed by atoms with Crippen molar-refractivity contribution >= 4 is 11.6 Å². The zero-order chi connectivity index (χ0) is 16.5. The summed E-state index contributed by atoms with van der Waals surface area (Å²) < 4.78 is 5.31. The Morgan fingerprint density at radius 2 is 1.92 bits per heavy atom. The third kappa shape index (κ3) is 2.83. The van der Waals surface area contributed by atoms with Gasteiger partial charge in [0, 0.05) is 18.0 Å². The van der Waals surface area contributed by atoms with Crippen LogP contribution in [0.1, 0.15) is 29.4 Å². The number of methoxy groups -OCH3 is 1. The van der Waals surface area contributed by atoms with Crippen LogP contribution in [-0.4, -0.2) is 27.3 Å². The Balaban J connectivity index is 1.63. The Morgan fingerprint density at radius 1 is 1.08 bits per heavy atom. The number of halogens is 1. The van der Waals surface area contributed by atoms with Crippen molar-refractivity contribution in [3.8, 4) is 17.0 Å². The van der Waals surface area contributed by atoms with E-state index in [2.05, 4.69) is 32.3 Å². The highest BCUT2D eigenvalue weighted by atomic mass is 35.5. The van der Waals surface area contributed by atoms with Crippen molar-refractivity contribution in [1.82, 2.24) is 20.2 Å². The van der Waals surface area contributed by atoms with Crippen LogP contribution in [0.15, 0.2) is 49.1 Å². The first-order chi connectivity index (χ1) is 11.8. The molecule has 24 heavy (non-hydrogen) atoms. The molecule has 1 aromatic carbocycles. The Hall–Kier alpha value is -2.53. The lowest BCUT2D eigenvalue weighted by molar-refractivity contribution is 0.414. The van der Waals surface area contributed by atoms with Gasteiger partial charge in [-0.25, -0.2) is 9.97 Å². The third-order valence-electron chi connectivity index (χ3n) is 4.34. The summed E-state index contributed by atoms with van der Waals surface area (Å²) >= 11 is 6.30.